The number of nitrogens with zero attached hydrogens (tertiary/aromatic N) is 3. The summed E-state index contributed by atoms with van der Waals surface area (Å²) in [4.78, 5) is 15.8. The topological polar surface area (TPSA) is 56.6 Å². The first-order valence-electron chi connectivity index (χ1n) is 7.79. The van der Waals surface area contributed by atoms with Crippen molar-refractivity contribution in [2.24, 2.45) is 0 Å². The maximum Gasteiger partial charge on any atom is 0.410 e. The van der Waals surface area contributed by atoms with E-state index in [-0.39, 0.29) is 6.09 Å². The Morgan fingerprint density at radius 1 is 1.13 bits per heavy atom. The smallest absolute Gasteiger partial charge is 0.410 e. The fourth-order valence-corrected chi connectivity index (χ4v) is 2.36. The third-order valence-electron chi connectivity index (χ3n) is 3.49. The average Bonchev–Trinajstić information content (AvgIpc) is 2.52. The molecule has 0 atom stereocenters. The number of hydrogen-bond donors (Lipinski definition) is 0. The zero-order valence-corrected chi connectivity index (χ0v) is 14.0. The molecule has 23 heavy (non-hydrogen) atoms. The molecular weight excluding hydrogens is 290 g/mol. The van der Waals surface area contributed by atoms with Gasteiger partial charge in [-0.2, -0.15) is 5.26 Å². The third-order valence-corrected chi connectivity index (χ3v) is 3.49. The normalized spacial score (nSPS) is 16.0. The van der Waals surface area contributed by atoms with Crippen LogP contribution in [0.3, 0.4) is 0 Å². The molecule has 2 rings (SSSR count). The van der Waals surface area contributed by atoms with E-state index in [0.29, 0.717) is 31.9 Å². The maximum atomic E-state index is 12.1. The molecule has 1 aliphatic heterocycles. The first-order valence-corrected chi connectivity index (χ1v) is 7.79. The van der Waals surface area contributed by atoms with E-state index in [0.717, 1.165) is 5.56 Å². The molecule has 1 fully saturated rings. The molecule has 0 aliphatic carbocycles. The Kier molecular flexibility index (Phi) is 5.28. The Labute approximate surface area is 137 Å². The number of piperazine rings is 1. The van der Waals surface area contributed by atoms with Crippen LogP contribution in [0.4, 0.5) is 4.79 Å². The van der Waals surface area contributed by atoms with E-state index in [4.69, 9.17) is 4.74 Å². The first kappa shape index (κ1) is 16.9. The quantitative estimate of drug-likeness (QED) is 0.787. The molecule has 0 aromatic heterocycles. The van der Waals surface area contributed by atoms with Crippen molar-refractivity contribution in [1.29, 1.82) is 5.26 Å². The minimum Gasteiger partial charge on any atom is -0.444 e. The van der Waals surface area contributed by atoms with Gasteiger partial charge in [0.2, 0.25) is 0 Å². The standard InChI is InChI=1S/C18H23N3O2/c1-18(2,3)23-17(22)21-11-9-20(10-12-21)16(14-19)13-15-7-5-4-6-8-15/h4-8,13H,9-12H2,1-3H3. The fourth-order valence-electron chi connectivity index (χ4n) is 2.36. The number of benzene rings is 1. The van der Waals surface area contributed by atoms with Crippen LogP contribution >= 0.6 is 0 Å². The van der Waals surface area contributed by atoms with Crippen molar-refractivity contribution in [2.45, 2.75) is 26.4 Å². The summed E-state index contributed by atoms with van der Waals surface area (Å²) in [7, 11) is 0. The van der Waals surface area contributed by atoms with Gasteiger partial charge in [0.1, 0.15) is 17.4 Å². The van der Waals surface area contributed by atoms with Gasteiger partial charge in [-0.3, -0.25) is 0 Å². The maximum absolute atomic E-state index is 12.1. The van der Waals surface area contributed by atoms with E-state index in [1.165, 1.54) is 0 Å². The van der Waals surface area contributed by atoms with Gasteiger partial charge in [-0.05, 0) is 32.4 Å². The van der Waals surface area contributed by atoms with E-state index in [2.05, 4.69) is 6.07 Å². The molecule has 1 heterocycles. The molecule has 5 heteroatoms. The van der Waals surface area contributed by atoms with Crippen molar-refractivity contribution >= 4 is 12.2 Å². The van der Waals surface area contributed by atoms with E-state index in [9.17, 15) is 10.1 Å². The predicted molar refractivity (Wildman–Crippen MR) is 89.4 cm³/mol. The van der Waals surface area contributed by atoms with Gasteiger partial charge in [-0.25, -0.2) is 4.79 Å². The van der Waals surface area contributed by atoms with Gasteiger partial charge in [0.25, 0.3) is 0 Å². The second-order valence-electron chi connectivity index (χ2n) is 6.51. The van der Waals surface area contributed by atoms with Crippen LogP contribution in [0, 0.1) is 11.3 Å². The minimum absolute atomic E-state index is 0.289. The highest BCUT2D eigenvalue weighted by Crippen LogP contribution is 2.16. The van der Waals surface area contributed by atoms with Crippen LogP contribution < -0.4 is 0 Å². The molecule has 5 nitrogen and oxygen atoms in total. The lowest BCUT2D eigenvalue weighted by molar-refractivity contribution is 0.0172. The molecule has 0 N–H and O–H groups in total. The first-order chi connectivity index (χ1) is 10.9. The molecule has 0 bridgehead atoms. The highest BCUT2D eigenvalue weighted by molar-refractivity contribution is 5.68. The summed E-state index contributed by atoms with van der Waals surface area (Å²) in [6.45, 7) is 7.95. The number of carbonyl (C=O) groups is 1. The van der Waals surface area contributed by atoms with Crippen molar-refractivity contribution in [3.8, 4) is 6.07 Å². The predicted octanol–water partition coefficient (Wildman–Crippen LogP) is 3.10. The Morgan fingerprint density at radius 2 is 1.70 bits per heavy atom. The number of allylic oxidation sites excluding steroid dienone is 1. The number of ether oxygens (including phenoxy) is 1. The number of hydrogen-bond acceptors (Lipinski definition) is 4. The third kappa shape index (κ3) is 5.03. The van der Waals surface area contributed by atoms with E-state index in [1.807, 2.05) is 62.1 Å². The van der Waals surface area contributed by atoms with Gasteiger partial charge in [0, 0.05) is 26.2 Å². The number of carbonyl (C=O) groups excluding carboxylic acids is 1. The molecule has 0 spiro atoms. The lowest BCUT2D eigenvalue weighted by Gasteiger charge is -2.36. The van der Waals surface area contributed by atoms with Crippen LogP contribution in [-0.4, -0.2) is 47.7 Å². The molecule has 0 radical (unpaired) electrons. The van der Waals surface area contributed by atoms with Crippen LogP contribution in [0.1, 0.15) is 26.3 Å². The number of nitriles is 1. The molecule has 1 aromatic rings. The van der Waals surface area contributed by atoms with Crippen molar-refractivity contribution in [2.75, 3.05) is 26.2 Å². The van der Waals surface area contributed by atoms with Gasteiger partial charge in [-0.1, -0.05) is 30.3 Å². The van der Waals surface area contributed by atoms with E-state index >= 15 is 0 Å². The number of rotatable bonds is 2. The van der Waals surface area contributed by atoms with Gasteiger partial charge in [0.15, 0.2) is 0 Å². The summed E-state index contributed by atoms with van der Waals surface area (Å²) in [6.07, 6.45) is 1.59. The molecule has 1 amide bonds. The Balaban J connectivity index is 1.97. The molecular formula is C18H23N3O2. The van der Waals surface area contributed by atoms with E-state index < -0.39 is 5.60 Å². The van der Waals surface area contributed by atoms with Crippen LogP contribution in [0.25, 0.3) is 6.08 Å². The highest BCUT2D eigenvalue weighted by Gasteiger charge is 2.26. The lowest BCUT2D eigenvalue weighted by atomic mass is 10.2. The Bertz CT molecular complexity index is 603. The molecule has 122 valence electrons. The van der Waals surface area contributed by atoms with Gasteiger partial charge in [-0.15, -0.1) is 0 Å². The molecule has 0 saturated carbocycles. The molecule has 1 aromatic carbocycles. The largest absolute Gasteiger partial charge is 0.444 e. The molecule has 0 unspecified atom stereocenters. The highest BCUT2D eigenvalue weighted by atomic mass is 16.6. The summed E-state index contributed by atoms with van der Waals surface area (Å²) in [5, 5.41) is 9.40. The lowest BCUT2D eigenvalue weighted by Crippen LogP contribution is -2.49. The van der Waals surface area contributed by atoms with Crippen molar-refractivity contribution in [3.05, 3.63) is 41.6 Å². The van der Waals surface area contributed by atoms with Gasteiger partial charge in [0.05, 0.1) is 0 Å². The molecule has 1 saturated heterocycles. The SMILES string of the molecule is CC(C)(C)OC(=O)N1CCN(C(C#N)=Cc2ccccc2)CC1. The van der Waals surface area contributed by atoms with Crippen LogP contribution in [0.2, 0.25) is 0 Å². The van der Waals surface area contributed by atoms with Crippen molar-refractivity contribution in [3.63, 3.8) is 0 Å². The van der Waals surface area contributed by atoms with Crippen molar-refractivity contribution < 1.29 is 9.53 Å². The van der Waals surface area contributed by atoms with Gasteiger partial charge >= 0.3 is 6.09 Å². The summed E-state index contributed by atoms with van der Waals surface area (Å²) >= 11 is 0. The number of amides is 1. The fraction of sp³-hybridized carbons (Fsp3) is 0.444. The van der Waals surface area contributed by atoms with E-state index in [1.54, 1.807) is 4.90 Å². The van der Waals surface area contributed by atoms with Crippen molar-refractivity contribution in [1.82, 2.24) is 9.80 Å². The minimum atomic E-state index is -0.487. The summed E-state index contributed by atoms with van der Waals surface area (Å²) < 4.78 is 5.38. The average molecular weight is 313 g/mol. The zero-order valence-electron chi connectivity index (χ0n) is 14.0. The van der Waals surface area contributed by atoms with Crippen LogP contribution in [0.15, 0.2) is 36.0 Å². The van der Waals surface area contributed by atoms with Crippen LogP contribution in [0.5, 0.6) is 0 Å². The monoisotopic (exact) mass is 313 g/mol. The summed E-state index contributed by atoms with van der Waals surface area (Å²) in [6, 6.07) is 12.0. The second-order valence-corrected chi connectivity index (χ2v) is 6.51. The summed E-state index contributed by atoms with van der Waals surface area (Å²) in [5.74, 6) is 0. The van der Waals surface area contributed by atoms with Crippen LogP contribution in [-0.2, 0) is 4.74 Å². The summed E-state index contributed by atoms with van der Waals surface area (Å²) in [5.41, 5.74) is 1.14. The Morgan fingerprint density at radius 3 is 2.22 bits per heavy atom. The van der Waals surface area contributed by atoms with Gasteiger partial charge < -0.3 is 14.5 Å². The molecule has 1 aliphatic rings. The zero-order chi connectivity index (χ0) is 16.9. The Hall–Kier alpha value is -2.48. The second kappa shape index (κ2) is 7.19.